The molecule has 4 heterocycles. The maximum Gasteiger partial charge on any atom is 0.373 e. The second-order valence-electron chi connectivity index (χ2n) is 12.2. The third-order valence-corrected chi connectivity index (χ3v) is 8.19. The molecule has 2 N–H and O–H groups in total. The summed E-state index contributed by atoms with van der Waals surface area (Å²) in [6.45, 7) is 14.8. The number of fused-ring (bicyclic) bond motifs is 1. The van der Waals surface area contributed by atoms with E-state index < -0.39 is 58.0 Å². The van der Waals surface area contributed by atoms with E-state index in [0.29, 0.717) is 0 Å². The quantitative estimate of drug-likeness (QED) is 0.268. The van der Waals surface area contributed by atoms with Gasteiger partial charge in [0.15, 0.2) is 11.5 Å². The first kappa shape index (κ1) is 33.1. The Kier molecular flexibility index (Phi) is 8.80. The zero-order valence-corrected chi connectivity index (χ0v) is 26.8. The van der Waals surface area contributed by atoms with Crippen LogP contribution in [-0.2, 0) is 4.79 Å². The molecule has 0 unspecified atom stereocenters. The van der Waals surface area contributed by atoms with E-state index in [2.05, 4.69) is 26.5 Å². The molecule has 1 aliphatic heterocycles. The molecule has 14 heteroatoms. The topological polar surface area (TPSA) is 155 Å². The minimum Gasteiger partial charge on any atom is -0.507 e. The number of rotatable bonds is 7. The molecule has 47 heavy (non-hydrogen) atoms. The highest BCUT2D eigenvalue weighted by Crippen LogP contribution is 2.37. The number of phenols is 1. The number of anilines is 1. The van der Waals surface area contributed by atoms with Crippen molar-refractivity contribution in [3.05, 3.63) is 76.3 Å². The van der Waals surface area contributed by atoms with Crippen LogP contribution in [0.25, 0.3) is 28.0 Å². The zero-order chi connectivity index (χ0) is 34.5. The number of nitrogens with zero attached hydrogens (tertiary/aromatic N) is 7. The summed E-state index contributed by atoms with van der Waals surface area (Å²) in [7, 11) is 0. The van der Waals surface area contributed by atoms with Crippen molar-refractivity contribution in [1.29, 1.82) is 0 Å². The molecule has 1 amide bonds. The van der Waals surface area contributed by atoms with E-state index in [0.717, 1.165) is 16.7 Å². The second kappa shape index (κ2) is 12.5. The number of aromatic nitrogens is 5. The van der Waals surface area contributed by atoms with Crippen LogP contribution in [0.1, 0.15) is 75.4 Å². The van der Waals surface area contributed by atoms with Crippen molar-refractivity contribution < 1.29 is 28.6 Å². The van der Waals surface area contributed by atoms with Crippen LogP contribution in [-0.4, -0.2) is 76.7 Å². The number of piperazine rings is 1. The summed E-state index contributed by atoms with van der Waals surface area (Å²) in [6.07, 6.45) is 1.23. The number of hydrogen-bond donors (Lipinski definition) is 2. The van der Waals surface area contributed by atoms with Crippen molar-refractivity contribution in [3.8, 4) is 22.7 Å². The van der Waals surface area contributed by atoms with Crippen LogP contribution in [0.4, 0.5) is 14.6 Å². The Morgan fingerprint density at radius 2 is 1.62 bits per heavy atom. The number of aromatic carboxylic acids is 1. The highest BCUT2D eigenvalue weighted by atomic mass is 19.1. The van der Waals surface area contributed by atoms with Crippen LogP contribution >= 0.6 is 0 Å². The van der Waals surface area contributed by atoms with Gasteiger partial charge >= 0.3 is 11.7 Å². The van der Waals surface area contributed by atoms with Crippen LogP contribution in [0.15, 0.2) is 41.7 Å². The van der Waals surface area contributed by atoms with Gasteiger partial charge in [0, 0.05) is 25.2 Å². The Labute approximate surface area is 269 Å². The van der Waals surface area contributed by atoms with Crippen molar-refractivity contribution in [2.24, 2.45) is 0 Å². The fraction of sp³-hybridized carbons (Fsp3) is 0.364. The fourth-order valence-electron chi connectivity index (χ4n) is 5.91. The zero-order valence-electron chi connectivity index (χ0n) is 26.8. The molecule has 1 fully saturated rings. The van der Waals surface area contributed by atoms with E-state index >= 15 is 8.78 Å². The van der Waals surface area contributed by atoms with Gasteiger partial charge in [-0.3, -0.25) is 4.79 Å². The van der Waals surface area contributed by atoms with E-state index in [1.807, 2.05) is 13.8 Å². The summed E-state index contributed by atoms with van der Waals surface area (Å²) in [6, 6.07) is 3.86. The number of carbonyl (C=O) groups is 2. The minimum atomic E-state index is -1.36. The van der Waals surface area contributed by atoms with Crippen LogP contribution in [0, 0.1) is 11.6 Å². The number of carboxylic acids is 1. The Hall–Kier alpha value is -5.27. The van der Waals surface area contributed by atoms with Gasteiger partial charge in [-0.25, -0.2) is 37.9 Å². The first-order valence-electron chi connectivity index (χ1n) is 15.1. The van der Waals surface area contributed by atoms with Gasteiger partial charge < -0.3 is 20.0 Å². The van der Waals surface area contributed by atoms with Gasteiger partial charge in [0.05, 0.1) is 28.0 Å². The summed E-state index contributed by atoms with van der Waals surface area (Å²) in [5.74, 6) is -5.33. The lowest BCUT2D eigenvalue weighted by molar-refractivity contribution is -0.128. The van der Waals surface area contributed by atoms with E-state index in [1.165, 1.54) is 18.2 Å². The summed E-state index contributed by atoms with van der Waals surface area (Å²) < 4.78 is 32.3. The highest BCUT2D eigenvalue weighted by molar-refractivity contribution is 5.92. The summed E-state index contributed by atoms with van der Waals surface area (Å²) >= 11 is 0. The molecule has 5 rings (SSSR count). The van der Waals surface area contributed by atoms with Gasteiger partial charge in [0.2, 0.25) is 11.7 Å². The molecule has 3 aromatic heterocycles. The molecule has 1 saturated heterocycles. The Balaban J connectivity index is 1.91. The third-order valence-electron chi connectivity index (χ3n) is 8.19. The molecule has 1 aromatic carbocycles. The molecule has 0 saturated carbocycles. The van der Waals surface area contributed by atoms with Crippen LogP contribution < -0.4 is 10.6 Å². The summed E-state index contributed by atoms with van der Waals surface area (Å²) in [4.78, 5) is 59.6. The van der Waals surface area contributed by atoms with Crippen LogP contribution in [0.3, 0.4) is 0 Å². The van der Waals surface area contributed by atoms with Crippen molar-refractivity contribution >= 4 is 28.7 Å². The van der Waals surface area contributed by atoms with Crippen molar-refractivity contribution in [1.82, 2.24) is 29.4 Å². The normalized spacial score (nSPS) is 16.7. The lowest BCUT2D eigenvalue weighted by Gasteiger charge is -2.44. The number of carboxylic acid groups (broad SMARTS) is 1. The number of aromatic hydroxyl groups is 1. The molecule has 4 aromatic rings. The summed E-state index contributed by atoms with van der Waals surface area (Å²) in [5.41, 5.74) is -1.51. The molecule has 0 radical (unpaired) electrons. The monoisotopic (exact) mass is 647 g/mol. The number of benzene rings is 1. The van der Waals surface area contributed by atoms with E-state index in [1.54, 1.807) is 37.5 Å². The average Bonchev–Trinajstić information content (AvgIpc) is 3.01. The van der Waals surface area contributed by atoms with Gasteiger partial charge in [-0.15, -0.1) is 0 Å². The molecule has 1 aliphatic rings. The number of carbonyl (C=O) groups excluding carboxylic acids is 1. The van der Waals surface area contributed by atoms with Crippen molar-refractivity contribution in [2.75, 3.05) is 18.0 Å². The van der Waals surface area contributed by atoms with Gasteiger partial charge in [-0.05, 0) is 50.0 Å². The molecular formula is C33H35F2N7O5. The smallest absolute Gasteiger partial charge is 0.373 e. The molecule has 2 atom stereocenters. The molecule has 12 nitrogen and oxygen atoms in total. The number of hydrogen-bond acceptors (Lipinski definition) is 9. The van der Waals surface area contributed by atoms with Crippen molar-refractivity contribution in [2.45, 2.75) is 65.5 Å². The highest BCUT2D eigenvalue weighted by Gasteiger charge is 2.35. The number of phenolic OH excluding ortho intramolecular Hbond substituents is 1. The van der Waals surface area contributed by atoms with E-state index in [-0.39, 0.29) is 65.0 Å². The van der Waals surface area contributed by atoms with Crippen LogP contribution in [0.2, 0.25) is 0 Å². The molecule has 0 bridgehead atoms. The van der Waals surface area contributed by atoms with E-state index in [4.69, 9.17) is 0 Å². The first-order valence-corrected chi connectivity index (χ1v) is 15.1. The van der Waals surface area contributed by atoms with Crippen molar-refractivity contribution in [3.63, 3.8) is 0 Å². The van der Waals surface area contributed by atoms with Gasteiger partial charge in [0.25, 0.3) is 0 Å². The number of pyridine rings is 1. The maximum absolute atomic E-state index is 16.1. The predicted molar refractivity (Wildman–Crippen MR) is 171 cm³/mol. The number of amides is 1. The van der Waals surface area contributed by atoms with Gasteiger partial charge in [-0.1, -0.05) is 40.3 Å². The number of halogens is 2. The minimum absolute atomic E-state index is 0.0796. The second-order valence-corrected chi connectivity index (χ2v) is 12.2. The maximum atomic E-state index is 16.1. The molecule has 0 spiro atoms. The molecule has 0 aliphatic carbocycles. The fourth-order valence-corrected chi connectivity index (χ4v) is 5.91. The standard InChI is InChI=1S/C33H35F2N7O5/c1-8-23(44)40-13-18(7)41(14-17(40)6)30-19-12-21(35)27(24-20(34)10-9-11-22(24)43)38-31(19)42(33(47)39-30)28-25(15(2)3)36-29(32(45)46)37-26(28)16(4)5/h8-12,15-18,43H,1,13-14H2,2-7H3,(H,45,46)/t17-,18+/m1/s1. The largest absolute Gasteiger partial charge is 0.507 e. The molecular weight excluding hydrogens is 612 g/mol. The third kappa shape index (κ3) is 5.79. The SMILES string of the molecule is C=CC(=O)N1C[C@H](C)N(c2nc(=O)n(-c3c(C(C)C)nc(C(=O)O)nc3C(C)C)c3nc(-c4c(O)cccc4F)c(F)cc23)C[C@H]1C. The Morgan fingerprint density at radius 1 is 0.979 bits per heavy atom. The van der Waals surface area contributed by atoms with Gasteiger partial charge in [0.1, 0.15) is 23.1 Å². The Bertz CT molecular complexity index is 1950. The Morgan fingerprint density at radius 3 is 2.17 bits per heavy atom. The molecule has 246 valence electrons. The van der Waals surface area contributed by atoms with E-state index in [9.17, 15) is 24.6 Å². The predicted octanol–water partition coefficient (Wildman–Crippen LogP) is 4.78. The van der Waals surface area contributed by atoms with Crippen LogP contribution in [0.5, 0.6) is 5.75 Å². The average molecular weight is 648 g/mol. The lowest BCUT2D eigenvalue weighted by Crippen LogP contribution is -2.58. The van der Waals surface area contributed by atoms with Gasteiger partial charge in [-0.2, -0.15) is 4.98 Å². The lowest BCUT2D eigenvalue weighted by atomic mass is 10.0. The summed E-state index contributed by atoms with van der Waals surface area (Å²) in [5, 5.41) is 20.4. The first-order chi connectivity index (χ1) is 22.2.